The SMILES string of the molecule is Cc1nnnn1-c1cccc(NC(=O)NCCC(=O)N2CCN(c3ccccn3)CC2)c1. The maximum absolute atomic E-state index is 12.5. The lowest BCUT2D eigenvalue weighted by atomic mass is 10.2. The van der Waals surface area contributed by atoms with Crippen LogP contribution in [0.2, 0.25) is 0 Å². The number of rotatable bonds is 6. The number of nitrogens with zero attached hydrogens (tertiary/aromatic N) is 7. The average molecular weight is 435 g/mol. The lowest BCUT2D eigenvalue weighted by Crippen LogP contribution is -2.49. The molecule has 1 aliphatic heterocycles. The molecule has 11 nitrogen and oxygen atoms in total. The Hall–Kier alpha value is -4.02. The molecule has 2 aromatic heterocycles. The van der Waals surface area contributed by atoms with Crippen LogP contribution in [0.25, 0.3) is 5.69 Å². The van der Waals surface area contributed by atoms with E-state index in [-0.39, 0.29) is 24.9 Å². The predicted molar refractivity (Wildman–Crippen MR) is 119 cm³/mol. The van der Waals surface area contributed by atoms with Crippen LogP contribution in [0.4, 0.5) is 16.3 Å². The Morgan fingerprint density at radius 1 is 1.06 bits per heavy atom. The summed E-state index contributed by atoms with van der Waals surface area (Å²) in [7, 11) is 0. The molecule has 0 atom stereocenters. The van der Waals surface area contributed by atoms with Crippen LogP contribution >= 0.6 is 0 Å². The summed E-state index contributed by atoms with van der Waals surface area (Å²) < 4.78 is 1.58. The van der Waals surface area contributed by atoms with E-state index in [1.807, 2.05) is 29.2 Å². The fraction of sp³-hybridized carbons (Fsp3) is 0.333. The molecule has 0 saturated carbocycles. The second-order valence-corrected chi connectivity index (χ2v) is 7.37. The standard InChI is InChI=1S/C21H25N9O2/c1-16-25-26-27-30(16)18-6-4-5-17(15-18)24-21(32)23-10-8-20(31)29-13-11-28(12-14-29)19-7-2-3-9-22-19/h2-7,9,15H,8,10-14H2,1H3,(H2,23,24,32). The zero-order valence-electron chi connectivity index (χ0n) is 17.8. The number of aromatic nitrogens is 5. The van der Waals surface area contributed by atoms with Crippen LogP contribution in [0, 0.1) is 6.92 Å². The number of urea groups is 1. The van der Waals surface area contributed by atoms with Gasteiger partial charge in [0.25, 0.3) is 0 Å². The van der Waals surface area contributed by atoms with Crippen LogP contribution in [-0.2, 0) is 4.79 Å². The van der Waals surface area contributed by atoms with Crippen molar-refractivity contribution in [2.24, 2.45) is 0 Å². The molecular formula is C21H25N9O2. The third-order valence-electron chi connectivity index (χ3n) is 5.20. The van der Waals surface area contributed by atoms with E-state index >= 15 is 0 Å². The van der Waals surface area contributed by atoms with Crippen molar-refractivity contribution in [1.82, 2.24) is 35.4 Å². The van der Waals surface area contributed by atoms with Crippen LogP contribution in [0.1, 0.15) is 12.2 Å². The minimum Gasteiger partial charge on any atom is -0.353 e. The molecule has 0 unspecified atom stereocenters. The number of nitrogens with one attached hydrogen (secondary N) is 2. The van der Waals surface area contributed by atoms with Crippen molar-refractivity contribution in [1.29, 1.82) is 0 Å². The summed E-state index contributed by atoms with van der Waals surface area (Å²) in [4.78, 5) is 33.1. The Balaban J connectivity index is 1.20. The van der Waals surface area contributed by atoms with Gasteiger partial charge in [-0.2, -0.15) is 4.68 Å². The molecule has 0 aliphatic carbocycles. The number of benzene rings is 1. The number of carbonyl (C=O) groups is 2. The molecular weight excluding hydrogens is 410 g/mol. The first-order valence-corrected chi connectivity index (χ1v) is 10.4. The largest absolute Gasteiger partial charge is 0.353 e. The lowest BCUT2D eigenvalue weighted by molar-refractivity contribution is -0.131. The Morgan fingerprint density at radius 3 is 2.62 bits per heavy atom. The number of pyridine rings is 1. The van der Waals surface area contributed by atoms with Gasteiger partial charge in [-0.3, -0.25) is 4.79 Å². The molecule has 1 fully saturated rings. The van der Waals surface area contributed by atoms with Crippen molar-refractivity contribution >= 4 is 23.4 Å². The minimum absolute atomic E-state index is 0.0297. The number of piperazine rings is 1. The molecule has 3 heterocycles. The van der Waals surface area contributed by atoms with E-state index in [4.69, 9.17) is 0 Å². The second kappa shape index (κ2) is 9.86. The highest BCUT2D eigenvalue weighted by Gasteiger charge is 2.21. The summed E-state index contributed by atoms with van der Waals surface area (Å²) in [5.74, 6) is 1.60. The van der Waals surface area contributed by atoms with Gasteiger partial charge in [-0.05, 0) is 47.7 Å². The molecule has 4 rings (SSSR count). The number of carbonyl (C=O) groups excluding carboxylic acids is 2. The molecule has 3 aromatic rings. The van der Waals surface area contributed by atoms with Gasteiger partial charge in [0.1, 0.15) is 5.82 Å². The maximum Gasteiger partial charge on any atom is 0.319 e. The van der Waals surface area contributed by atoms with Gasteiger partial charge in [-0.1, -0.05) is 12.1 Å². The molecule has 0 radical (unpaired) electrons. The molecule has 0 bridgehead atoms. The van der Waals surface area contributed by atoms with Gasteiger partial charge in [0, 0.05) is 51.0 Å². The summed E-state index contributed by atoms with van der Waals surface area (Å²) in [6.45, 7) is 4.83. The molecule has 32 heavy (non-hydrogen) atoms. The topological polar surface area (TPSA) is 121 Å². The minimum atomic E-state index is -0.372. The van der Waals surface area contributed by atoms with E-state index in [1.54, 1.807) is 36.0 Å². The van der Waals surface area contributed by atoms with E-state index in [0.717, 1.165) is 24.6 Å². The Labute approximate surface area is 185 Å². The van der Waals surface area contributed by atoms with Crippen LogP contribution in [0.5, 0.6) is 0 Å². The van der Waals surface area contributed by atoms with Crippen LogP contribution < -0.4 is 15.5 Å². The van der Waals surface area contributed by atoms with Gasteiger partial charge < -0.3 is 20.4 Å². The van der Waals surface area contributed by atoms with Crippen molar-refractivity contribution in [2.45, 2.75) is 13.3 Å². The number of aryl methyl sites for hydroxylation is 1. The van der Waals surface area contributed by atoms with Gasteiger partial charge in [0.05, 0.1) is 5.69 Å². The first-order chi connectivity index (χ1) is 15.6. The van der Waals surface area contributed by atoms with Gasteiger partial charge in [0.15, 0.2) is 5.82 Å². The van der Waals surface area contributed by atoms with Gasteiger partial charge in [-0.25, -0.2) is 9.78 Å². The number of hydrogen-bond donors (Lipinski definition) is 2. The van der Waals surface area contributed by atoms with Gasteiger partial charge in [-0.15, -0.1) is 5.10 Å². The smallest absolute Gasteiger partial charge is 0.319 e. The van der Waals surface area contributed by atoms with Crippen molar-refractivity contribution in [2.75, 3.05) is 42.9 Å². The zero-order valence-corrected chi connectivity index (χ0v) is 17.8. The molecule has 11 heteroatoms. The molecule has 0 spiro atoms. The molecule has 1 saturated heterocycles. The molecule has 1 aliphatic rings. The molecule has 166 valence electrons. The summed E-state index contributed by atoms with van der Waals surface area (Å²) >= 11 is 0. The first kappa shape index (κ1) is 21.2. The zero-order chi connectivity index (χ0) is 22.3. The third kappa shape index (κ3) is 5.17. The fourth-order valence-electron chi connectivity index (χ4n) is 3.53. The van der Waals surface area contributed by atoms with Gasteiger partial charge in [0.2, 0.25) is 5.91 Å². The van der Waals surface area contributed by atoms with Crippen LogP contribution in [-0.4, -0.2) is 74.8 Å². The van der Waals surface area contributed by atoms with E-state index in [1.165, 1.54) is 0 Å². The first-order valence-electron chi connectivity index (χ1n) is 10.4. The van der Waals surface area contributed by atoms with Crippen LogP contribution in [0.15, 0.2) is 48.7 Å². The highest BCUT2D eigenvalue weighted by Crippen LogP contribution is 2.15. The predicted octanol–water partition coefficient (Wildman–Crippen LogP) is 1.23. The van der Waals surface area contributed by atoms with E-state index in [0.29, 0.717) is 24.6 Å². The van der Waals surface area contributed by atoms with Gasteiger partial charge >= 0.3 is 6.03 Å². The van der Waals surface area contributed by atoms with Crippen molar-refractivity contribution in [3.05, 3.63) is 54.5 Å². The fourth-order valence-corrected chi connectivity index (χ4v) is 3.53. The number of anilines is 2. The summed E-state index contributed by atoms with van der Waals surface area (Å²) in [5, 5.41) is 16.9. The van der Waals surface area contributed by atoms with Crippen molar-refractivity contribution < 1.29 is 9.59 Å². The number of tetrazole rings is 1. The average Bonchev–Trinajstić information content (AvgIpc) is 3.26. The molecule has 2 N–H and O–H groups in total. The lowest BCUT2D eigenvalue weighted by Gasteiger charge is -2.35. The Morgan fingerprint density at radius 2 is 1.91 bits per heavy atom. The summed E-state index contributed by atoms with van der Waals surface area (Å²) in [6, 6.07) is 12.6. The number of hydrogen-bond acceptors (Lipinski definition) is 7. The summed E-state index contributed by atoms with van der Waals surface area (Å²) in [5.41, 5.74) is 1.34. The van der Waals surface area contributed by atoms with Crippen molar-refractivity contribution in [3.8, 4) is 5.69 Å². The second-order valence-electron chi connectivity index (χ2n) is 7.37. The highest BCUT2D eigenvalue weighted by molar-refractivity contribution is 5.89. The quantitative estimate of drug-likeness (QED) is 0.597. The Kier molecular flexibility index (Phi) is 6.54. The summed E-state index contributed by atoms with van der Waals surface area (Å²) in [6.07, 6.45) is 2.02. The Bertz CT molecular complexity index is 1060. The van der Waals surface area contributed by atoms with Crippen molar-refractivity contribution in [3.63, 3.8) is 0 Å². The van der Waals surface area contributed by atoms with E-state index in [9.17, 15) is 9.59 Å². The van der Waals surface area contributed by atoms with Crippen LogP contribution in [0.3, 0.4) is 0 Å². The maximum atomic E-state index is 12.5. The molecule has 3 amide bonds. The molecule has 1 aromatic carbocycles. The highest BCUT2D eigenvalue weighted by atomic mass is 16.2. The monoisotopic (exact) mass is 435 g/mol. The normalized spacial score (nSPS) is 13.7. The van der Waals surface area contributed by atoms with E-state index < -0.39 is 0 Å². The number of amides is 3. The third-order valence-corrected chi connectivity index (χ3v) is 5.20. The van der Waals surface area contributed by atoms with E-state index in [2.05, 4.69) is 36.0 Å².